The van der Waals surface area contributed by atoms with Gasteiger partial charge in [0.25, 0.3) is 5.91 Å². The zero-order chi connectivity index (χ0) is 23.7. The minimum Gasteiger partial charge on any atom is -0.406 e. The monoisotopic (exact) mass is 458 g/mol. The lowest BCUT2D eigenvalue weighted by atomic mass is 10.0. The Morgan fingerprint density at radius 2 is 1.75 bits per heavy atom. The number of ether oxygens (including phenoxy) is 1. The Hall–Kier alpha value is -3.62. The number of anilines is 2. The molecular weight excluding hydrogens is 442 g/mol. The largest absolute Gasteiger partial charge is 0.573 e. The Morgan fingerprint density at radius 3 is 2.31 bits per heavy atom. The topological polar surface area (TPSA) is 77.4 Å². The van der Waals surface area contributed by atoms with Gasteiger partial charge in [-0.05, 0) is 43.3 Å². The van der Waals surface area contributed by atoms with Crippen molar-refractivity contribution in [1.29, 1.82) is 5.26 Å². The third-order valence-corrected chi connectivity index (χ3v) is 4.60. The van der Waals surface area contributed by atoms with E-state index in [9.17, 15) is 36.4 Å². The Bertz CT molecular complexity index is 1030. The molecule has 0 bridgehead atoms. The Kier molecular flexibility index (Phi) is 5.86. The summed E-state index contributed by atoms with van der Waals surface area (Å²) < 4.78 is 81.2. The summed E-state index contributed by atoms with van der Waals surface area (Å²) >= 11 is 0. The molecule has 1 amide bonds. The van der Waals surface area contributed by atoms with Crippen LogP contribution in [0.3, 0.4) is 0 Å². The van der Waals surface area contributed by atoms with Crippen molar-refractivity contribution >= 4 is 17.3 Å². The first-order valence-corrected chi connectivity index (χ1v) is 9.10. The zero-order valence-electron chi connectivity index (χ0n) is 16.4. The van der Waals surface area contributed by atoms with Crippen molar-refractivity contribution in [1.82, 2.24) is 5.32 Å². The van der Waals surface area contributed by atoms with Crippen molar-refractivity contribution in [2.24, 2.45) is 0 Å². The molecule has 12 heteroatoms. The first-order valence-electron chi connectivity index (χ1n) is 9.10. The van der Waals surface area contributed by atoms with Crippen molar-refractivity contribution < 1.29 is 35.9 Å². The standard InChI is InChI=1S/C20H16F6N4O2/c1-18(10-27,29-16(31)12-6-8-13(9-7-12)32-20(24,25)26)11-30-15-5-3-2-4-14(15)28-17(30)19(21,22)23/h2-9,17,28H,11H2,1H3,(H,29,31). The summed E-state index contributed by atoms with van der Waals surface area (Å²) in [6.07, 6.45) is -11.7. The first kappa shape index (κ1) is 23.1. The summed E-state index contributed by atoms with van der Waals surface area (Å²) in [7, 11) is 0. The van der Waals surface area contributed by atoms with Crippen LogP contribution in [0.2, 0.25) is 0 Å². The molecule has 3 rings (SSSR count). The van der Waals surface area contributed by atoms with Crippen LogP contribution in [0.15, 0.2) is 48.5 Å². The Balaban J connectivity index is 1.79. The highest BCUT2D eigenvalue weighted by Gasteiger charge is 2.50. The fourth-order valence-electron chi connectivity index (χ4n) is 3.22. The lowest BCUT2D eigenvalue weighted by molar-refractivity contribution is -0.274. The minimum absolute atomic E-state index is 0.103. The fraction of sp³-hybridized carbons (Fsp3) is 0.300. The normalized spacial score (nSPS) is 17.6. The number of para-hydroxylation sites is 2. The highest BCUT2D eigenvalue weighted by atomic mass is 19.4. The number of carbonyl (C=O) groups excluding carboxylic acids is 1. The van der Waals surface area contributed by atoms with E-state index in [0.717, 1.165) is 29.2 Å². The third kappa shape index (κ3) is 5.16. The molecule has 2 aromatic carbocycles. The van der Waals surface area contributed by atoms with Crippen LogP contribution in [0.1, 0.15) is 17.3 Å². The van der Waals surface area contributed by atoms with E-state index < -0.39 is 42.4 Å². The molecule has 0 aromatic heterocycles. The summed E-state index contributed by atoms with van der Waals surface area (Å²) in [6, 6.07) is 11.7. The van der Waals surface area contributed by atoms with E-state index in [-0.39, 0.29) is 16.9 Å². The van der Waals surface area contributed by atoms with E-state index in [1.54, 1.807) is 12.1 Å². The number of alkyl halides is 6. The summed E-state index contributed by atoms with van der Waals surface area (Å²) in [5.41, 5.74) is -1.44. The van der Waals surface area contributed by atoms with Crippen molar-refractivity contribution in [3.8, 4) is 11.8 Å². The third-order valence-electron chi connectivity index (χ3n) is 4.60. The zero-order valence-corrected chi connectivity index (χ0v) is 16.4. The summed E-state index contributed by atoms with van der Waals surface area (Å²) in [6.45, 7) is 0.735. The van der Waals surface area contributed by atoms with E-state index in [4.69, 9.17) is 0 Å². The number of rotatable bonds is 5. The molecule has 0 aliphatic carbocycles. The number of benzene rings is 2. The average Bonchev–Trinajstić information content (AvgIpc) is 3.06. The maximum atomic E-state index is 13.6. The van der Waals surface area contributed by atoms with Crippen LogP contribution in [0.4, 0.5) is 37.7 Å². The minimum atomic E-state index is -4.90. The maximum absolute atomic E-state index is 13.6. The number of hydrogen-bond acceptors (Lipinski definition) is 5. The van der Waals surface area contributed by atoms with Gasteiger partial charge in [0.2, 0.25) is 0 Å². The van der Waals surface area contributed by atoms with Gasteiger partial charge in [0.05, 0.1) is 24.0 Å². The molecule has 0 radical (unpaired) electrons. The highest BCUT2D eigenvalue weighted by molar-refractivity contribution is 5.95. The van der Waals surface area contributed by atoms with Crippen LogP contribution in [-0.4, -0.2) is 36.7 Å². The summed E-state index contributed by atoms with van der Waals surface area (Å²) in [4.78, 5) is 13.5. The number of hydrogen-bond donors (Lipinski definition) is 2. The number of carbonyl (C=O) groups is 1. The molecular formula is C20H16F6N4O2. The first-order chi connectivity index (χ1) is 14.8. The molecule has 1 aliphatic rings. The van der Waals surface area contributed by atoms with Crippen molar-refractivity contribution in [2.45, 2.75) is 31.2 Å². The SMILES string of the molecule is CC(C#N)(CN1c2ccccc2NC1C(F)(F)F)NC(=O)c1ccc(OC(F)(F)F)cc1. The molecule has 1 aliphatic heterocycles. The van der Waals surface area contributed by atoms with Gasteiger partial charge in [0.1, 0.15) is 11.3 Å². The quantitative estimate of drug-likeness (QED) is 0.649. The predicted octanol–water partition coefficient (Wildman–Crippen LogP) is 4.42. The molecule has 0 spiro atoms. The highest BCUT2D eigenvalue weighted by Crippen LogP contribution is 2.40. The van der Waals surface area contributed by atoms with Gasteiger partial charge in [0, 0.05) is 5.56 Å². The number of nitriles is 1. The summed E-state index contributed by atoms with van der Waals surface area (Å²) in [5, 5.41) is 14.3. The van der Waals surface area contributed by atoms with Crippen LogP contribution in [0, 0.1) is 11.3 Å². The lowest BCUT2D eigenvalue weighted by Gasteiger charge is -2.34. The fourth-order valence-corrected chi connectivity index (χ4v) is 3.22. The Labute approximate surface area is 178 Å². The van der Waals surface area contributed by atoms with Crippen LogP contribution < -0.4 is 20.3 Å². The van der Waals surface area contributed by atoms with Crippen LogP contribution in [0.25, 0.3) is 0 Å². The van der Waals surface area contributed by atoms with E-state index in [1.165, 1.54) is 19.1 Å². The average molecular weight is 458 g/mol. The molecule has 1 heterocycles. The van der Waals surface area contributed by atoms with Crippen molar-refractivity contribution in [3.63, 3.8) is 0 Å². The van der Waals surface area contributed by atoms with E-state index in [2.05, 4.69) is 15.4 Å². The molecule has 2 aromatic rings. The van der Waals surface area contributed by atoms with Crippen LogP contribution >= 0.6 is 0 Å². The number of nitrogens with zero attached hydrogens (tertiary/aromatic N) is 2. The van der Waals surface area contributed by atoms with Gasteiger partial charge in [-0.25, -0.2) is 0 Å². The van der Waals surface area contributed by atoms with Crippen LogP contribution in [0.5, 0.6) is 5.75 Å². The van der Waals surface area contributed by atoms with Crippen molar-refractivity contribution in [3.05, 3.63) is 54.1 Å². The van der Waals surface area contributed by atoms with E-state index in [0.29, 0.717) is 0 Å². The van der Waals surface area contributed by atoms with E-state index in [1.807, 2.05) is 6.07 Å². The molecule has 0 saturated heterocycles. The predicted molar refractivity (Wildman–Crippen MR) is 102 cm³/mol. The van der Waals surface area contributed by atoms with Gasteiger partial charge in [0.15, 0.2) is 6.17 Å². The van der Waals surface area contributed by atoms with Gasteiger partial charge in [-0.3, -0.25) is 4.79 Å². The molecule has 2 unspecified atom stereocenters. The van der Waals surface area contributed by atoms with Gasteiger partial charge in [-0.15, -0.1) is 13.2 Å². The lowest BCUT2D eigenvalue weighted by Crippen LogP contribution is -2.57. The molecule has 0 fully saturated rings. The van der Waals surface area contributed by atoms with Crippen LogP contribution in [-0.2, 0) is 0 Å². The molecule has 2 N–H and O–H groups in total. The number of halogens is 6. The van der Waals surface area contributed by atoms with Gasteiger partial charge < -0.3 is 20.3 Å². The van der Waals surface area contributed by atoms with E-state index >= 15 is 0 Å². The maximum Gasteiger partial charge on any atom is 0.573 e. The second kappa shape index (κ2) is 8.14. The van der Waals surface area contributed by atoms with Crippen molar-refractivity contribution in [2.75, 3.05) is 16.8 Å². The van der Waals surface area contributed by atoms with Gasteiger partial charge in [-0.2, -0.15) is 18.4 Å². The molecule has 0 saturated carbocycles. The molecule has 32 heavy (non-hydrogen) atoms. The number of fused-ring (bicyclic) bond motifs is 1. The number of nitrogens with one attached hydrogen (secondary N) is 2. The molecule has 6 nitrogen and oxygen atoms in total. The Morgan fingerprint density at radius 1 is 1.12 bits per heavy atom. The molecule has 2 atom stereocenters. The smallest absolute Gasteiger partial charge is 0.406 e. The van der Waals surface area contributed by atoms with Gasteiger partial charge in [-0.1, -0.05) is 12.1 Å². The number of amides is 1. The van der Waals surface area contributed by atoms with Gasteiger partial charge >= 0.3 is 12.5 Å². The molecule has 170 valence electrons. The second-order valence-electron chi connectivity index (χ2n) is 7.20. The second-order valence-corrected chi connectivity index (χ2v) is 7.20. The summed E-state index contributed by atoms with van der Waals surface area (Å²) in [5.74, 6) is -1.40.